The Morgan fingerprint density at radius 3 is 2.60 bits per heavy atom. The summed E-state index contributed by atoms with van der Waals surface area (Å²) in [6.07, 6.45) is 1.48. The molecule has 0 radical (unpaired) electrons. The molecule has 0 fully saturated rings. The van der Waals surface area contributed by atoms with Gasteiger partial charge in [0.05, 0.1) is 0 Å². The van der Waals surface area contributed by atoms with Crippen LogP contribution in [0.3, 0.4) is 0 Å². The Balaban J connectivity index is 2.15. The second kappa shape index (κ2) is 4.45. The molecule has 3 N–H and O–H groups in total. The third kappa shape index (κ3) is 2.03. The van der Waals surface area contributed by atoms with Gasteiger partial charge in [-0.2, -0.15) is 0 Å². The highest BCUT2D eigenvalue weighted by atomic mass is 19.1. The first-order valence-electron chi connectivity index (χ1n) is 5.92. The fourth-order valence-electron chi connectivity index (χ4n) is 2.18. The van der Waals surface area contributed by atoms with E-state index in [0.29, 0.717) is 10.9 Å². The van der Waals surface area contributed by atoms with Crippen LogP contribution in [0.1, 0.15) is 15.9 Å². The number of fused-ring (bicyclic) bond motifs is 1. The van der Waals surface area contributed by atoms with Crippen molar-refractivity contribution in [2.24, 2.45) is 0 Å². The SMILES string of the molecule is Nc1cc(F)cc(C(=O)c2c[nH]c3ccc(F)cc23)c1. The summed E-state index contributed by atoms with van der Waals surface area (Å²) >= 11 is 0. The maximum absolute atomic E-state index is 13.3. The molecule has 100 valence electrons. The molecular formula is C15H10F2N2O. The summed E-state index contributed by atoms with van der Waals surface area (Å²) in [6.45, 7) is 0. The molecule has 2 aromatic carbocycles. The second-order valence-electron chi connectivity index (χ2n) is 4.49. The van der Waals surface area contributed by atoms with Crippen molar-refractivity contribution in [3.05, 3.63) is 65.4 Å². The number of nitrogens with one attached hydrogen (secondary N) is 1. The maximum atomic E-state index is 13.3. The number of rotatable bonds is 2. The summed E-state index contributed by atoms with van der Waals surface area (Å²) < 4.78 is 26.6. The highest BCUT2D eigenvalue weighted by molar-refractivity contribution is 6.16. The minimum absolute atomic E-state index is 0.132. The molecule has 0 amide bonds. The van der Waals surface area contributed by atoms with Crippen LogP contribution in [0.15, 0.2) is 42.6 Å². The van der Waals surface area contributed by atoms with Crippen LogP contribution in [0.4, 0.5) is 14.5 Å². The Kier molecular flexibility index (Phi) is 2.75. The molecule has 5 heteroatoms. The fraction of sp³-hybridized carbons (Fsp3) is 0. The van der Waals surface area contributed by atoms with E-state index < -0.39 is 17.4 Å². The molecule has 0 aliphatic heterocycles. The van der Waals surface area contributed by atoms with Crippen molar-refractivity contribution in [3.8, 4) is 0 Å². The zero-order chi connectivity index (χ0) is 14.3. The van der Waals surface area contributed by atoms with Crippen LogP contribution in [0.25, 0.3) is 10.9 Å². The summed E-state index contributed by atoms with van der Waals surface area (Å²) in [7, 11) is 0. The number of aromatic amines is 1. The lowest BCUT2D eigenvalue weighted by molar-refractivity contribution is 0.104. The molecule has 0 unspecified atom stereocenters. The van der Waals surface area contributed by atoms with Gasteiger partial charge in [-0.15, -0.1) is 0 Å². The molecular weight excluding hydrogens is 262 g/mol. The number of hydrogen-bond acceptors (Lipinski definition) is 2. The van der Waals surface area contributed by atoms with Gasteiger partial charge in [0.15, 0.2) is 5.78 Å². The summed E-state index contributed by atoms with van der Waals surface area (Å²) in [5.74, 6) is -1.43. The smallest absolute Gasteiger partial charge is 0.195 e. The van der Waals surface area contributed by atoms with E-state index in [4.69, 9.17) is 5.73 Å². The molecule has 0 spiro atoms. The highest BCUT2D eigenvalue weighted by Crippen LogP contribution is 2.23. The number of anilines is 1. The van der Waals surface area contributed by atoms with Crippen molar-refractivity contribution in [1.82, 2.24) is 4.98 Å². The summed E-state index contributed by atoms with van der Waals surface area (Å²) in [5.41, 5.74) is 6.75. The number of hydrogen-bond donors (Lipinski definition) is 2. The van der Waals surface area contributed by atoms with E-state index in [1.807, 2.05) is 0 Å². The predicted octanol–water partition coefficient (Wildman–Crippen LogP) is 3.26. The van der Waals surface area contributed by atoms with E-state index in [1.165, 1.54) is 24.4 Å². The van der Waals surface area contributed by atoms with Gasteiger partial charge in [-0.1, -0.05) is 0 Å². The van der Waals surface area contributed by atoms with Crippen LogP contribution in [0.2, 0.25) is 0 Å². The summed E-state index contributed by atoms with van der Waals surface area (Å²) in [6, 6.07) is 7.74. The minimum Gasteiger partial charge on any atom is -0.399 e. The Morgan fingerprint density at radius 1 is 1.05 bits per heavy atom. The van der Waals surface area contributed by atoms with Crippen molar-refractivity contribution in [3.63, 3.8) is 0 Å². The Morgan fingerprint density at radius 2 is 1.85 bits per heavy atom. The molecule has 0 saturated heterocycles. The molecule has 3 nitrogen and oxygen atoms in total. The quantitative estimate of drug-likeness (QED) is 0.555. The zero-order valence-electron chi connectivity index (χ0n) is 10.3. The molecule has 0 aliphatic rings. The zero-order valence-corrected chi connectivity index (χ0v) is 10.3. The van der Waals surface area contributed by atoms with E-state index >= 15 is 0 Å². The second-order valence-corrected chi connectivity index (χ2v) is 4.49. The number of aromatic nitrogens is 1. The molecule has 3 rings (SSSR count). The van der Waals surface area contributed by atoms with E-state index in [0.717, 1.165) is 12.1 Å². The van der Waals surface area contributed by atoms with Gasteiger partial charge in [0.2, 0.25) is 0 Å². The first kappa shape index (κ1) is 12.3. The van der Waals surface area contributed by atoms with Gasteiger partial charge in [0.1, 0.15) is 11.6 Å². The number of ketones is 1. The Bertz CT molecular complexity index is 804. The Labute approximate surface area is 113 Å². The van der Waals surface area contributed by atoms with Crippen LogP contribution >= 0.6 is 0 Å². The van der Waals surface area contributed by atoms with Gasteiger partial charge >= 0.3 is 0 Å². The monoisotopic (exact) mass is 272 g/mol. The lowest BCUT2D eigenvalue weighted by Crippen LogP contribution is -2.02. The number of halogens is 2. The van der Waals surface area contributed by atoms with E-state index in [-0.39, 0.29) is 16.8 Å². The average molecular weight is 272 g/mol. The first-order chi connectivity index (χ1) is 9.54. The van der Waals surface area contributed by atoms with Crippen LogP contribution in [0.5, 0.6) is 0 Å². The summed E-state index contributed by atoms with van der Waals surface area (Å²) in [4.78, 5) is 15.3. The van der Waals surface area contributed by atoms with Crippen LogP contribution < -0.4 is 5.73 Å². The van der Waals surface area contributed by atoms with Crippen LogP contribution in [0, 0.1) is 11.6 Å². The minimum atomic E-state index is -0.584. The number of carbonyl (C=O) groups is 1. The predicted molar refractivity (Wildman–Crippen MR) is 72.5 cm³/mol. The number of carbonyl (C=O) groups excluding carboxylic acids is 1. The molecule has 20 heavy (non-hydrogen) atoms. The van der Waals surface area contributed by atoms with Gasteiger partial charge in [-0.25, -0.2) is 8.78 Å². The topological polar surface area (TPSA) is 58.9 Å². The highest BCUT2D eigenvalue weighted by Gasteiger charge is 2.16. The van der Waals surface area contributed by atoms with Crippen molar-refractivity contribution < 1.29 is 13.6 Å². The van der Waals surface area contributed by atoms with Crippen molar-refractivity contribution >= 4 is 22.4 Å². The molecule has 1 aromatic heterocycles. The average Bonchev–Trinajstić information content (AvgIpc) is 2.79. The first-order valence-corrected chi connectivity index (χ1v) is 5.92. The van der Waals surface area contributed by atoms with Crippen LogP contribution in [-0.2, 0) is 0 Å². The third-order valence-electron chi connectivity index (χ3n) is 3.07. The lowest BCUT2D eigenvalue weighted by Gasteiger charge is -2.02. The molecule has 0 aliphatic carbocycles. The largest absolute Gasteiger partial charge is 0.399 e. The van der Waals surface area contributed by atoms with Gasteiger partial charge in [0, 0.05) is 33.9 Å². The normalized spacial score (nSPS) is 10.9. The van der Waals surface area contributed by atoms with Gasteiger partial charge in [0.25, 0.3) is 0 Å². The Hall–Kier alpha value is -2.69. The molecule has 1 heterocycles. The third-order valence-corrected chi connectivity index (χ3v) is 3.07. The van der Waals surface area contributed by atoms with Gasteiger partial charge in [-0.05, 0) is 36.4 Å². The molecule has 0 bridgehead atoms. The van der Waals surface area contributed by atoms with Gasteiger partial charge < -0.3 is 10.7 Å². The van der Waals surface area contributed by atoms with Gasteiger partial charge in [-0.3, -0.25) is 4.79 Å². The number of benzene rings is 2. The standard InChI is InChI=1S/C15H10F2N2O/c16-9-1-2-14-12(6-9)13(7-19-14)15(20)8-3-10(17)5-11(18)4-8/h1-7,19H,18H2. The van der Waals surface area contributed by atoms with Crippen molar-refractivity contribution in [1.29, 1.82) is 0 Å². The van der Waals surface area contributed by atoms with Crippen molar-refractivity contribution in [2.75, 3.05) is 5.73 Å². The van der Waals surface area contributed by atoms with E-state index in [9.17, 15) is 13.6 Å². The number of nitrogen functional groups attached to an aromatic ring is 1. The molecule has 0 saturated carbocycles. The fourth-order valence-corrected chi connectivity index (χ4v) is 2.18. The molecule has 3 aromatic rings. The maximum Gasteiger partial charge on any atom is 0.195 e. The summed E-state index contributed by atoms with van der Waals surface area (Å²) in [5, 5.41) is 0.456. The van der Waals surface area contributed by atoms with E-state index in [1.54, 1.807) is 6.07 Å². The van der Waals surface area contributed by atoms with Crippen molar-refractivity contribution in [2.45, 2.75) is 0 Å². The molecule has 0 atom stereocenters. The number of H-pyrrole nitrogens is 1. The lowest BCUT2D eigenvalue weighted by atomic mass is 10.0. The van der Waals surface area contributed by atoms with Crippen LogP contribution in [-0.4, -0.2) is 10.8 Å². The number of nitrogens with two attached hydrogens (primary N) is 1. The van der Waals surface area contributed by atoms with E-state index in [2.05, 4.69) is 4.98 Å².